The van der Waals surface area contributed by atoms with Gasteiger partial charge < -0.3 is 5.11 Å². The first-order valence-corrected chi connectivity index (χ1v) is 6.04. The van der Waals surface area contributed by atoms with Crippen LogP contribution < -0.4 is 10.9 Å². The van der Waals surface area contributed by atoms with Crippen LogP contribution in [0.2, 0.25) is 0 Å². The van der Waals surface area contributed by atoms with Crippen molar-refractivity contribution in [2.24, 2.45) is 0 Å². The van der Waals surface area contributed by atoms with Crippen molar-refractivity contribution in [1.29, 1.82) is 0 Å². The van der Waals surface area contributed by atoms with Gasteiger partial charge in [-0.25, -0.2) is 0 Å². The van der Waals surface area contributed by atoms with Crippen LogP contribution in [-0.4, -0.2) is 27.1 Å². The van der Waals surface area contributed by atoms with E-state index in [0.29, 0.717) is 0 Å². The standard InChI is InChI=1S/C13H14N4O3/c1-2-8-7-10(15-14-8)13(20)17-16-12(19)9-5-3-4-6-11(9)18/h3-7,18H,2H2,1H3,(H,14,15)(H,16,19)(H,17,20). The van der Waals surface area contributed by atoms with Crippen molar-refractivity contribution < 1.29 is 14.7 Å². The predicted octanol–water partition coefficient (Wildman–Crippen LogP) is 0.752. The van der Waals surface area contributed by atoms with Crippen LogP contribution in [0.5, 0.6) is 5.75 Å². The molecule has 1 aromatic carbocycles. The van der Waals surface area contributed by atoms with E-state index in [1.165, 1.54) is 12.1 Å². The van der Waals surface area contributed by atoms with E-state index in [4.69, 9.17) is 0 Å². The third-order valence-corrected chi connectivity index (χ3v) is 2.68. The molecule has 0 aliphatic heterocycles. The number of rotatable bonds is 3. The van der Waals surface area contributed by atoms with Crippen molar-refractivity contribution in [2.75, 3.05) is 0 Å². The summed E-state index contributed by atoms with van der Waals surface area (Å²) >= 11 is 0. The maximum absolute atomic E-state index is 11.7. The quantitative estimate of drug-likeness (QED) is 0.619. The molecule has 104 valence electrons. The maximum Gasteiger partial charge on any atom is 0.290 e. The lowest BCUT2D eigenvalue weighted by Crippen LogP contribution is -2.41. The largest absolute Gasteiger partial charge is 0.507 e. The molecule has 0 saturated heterocycles. The molecule has 2 rings (SSSR count). The highest BCUT2D eigenvalue weighted by molar-refractivity contribution is 5.99. The van der Waals surface area contributed by atoms with Crippen LogP contribution in [0.1, 0.15) is 33.5 Å². The highest BCUT2D eigenvalue weighted by Crippen LogP contribution is 2.14. The number of aromatic amines is 1. The zero-order chi connectivity index (χ0) is 14.5. The smallest absolute Gasteiger partial charge is 0.290 e. The molecule has 0 radical (unpaired) electrons. The van der Waals surface area contributed by atoms with E-state index in [1.54, 1.807) is 18.2 Å². The molecule has 0 saturated carbocycles. The number of para-hydroxylation sites is 1. The van der Waals surface area contributed by atoms with E-state index in [2.05, 4.69) is 21.0 Å². The van der Waals surface area contributed by atoms with Crippen molar-refractivity contribution >= 4 is 11.8 Å². The van der Waals surface area contributed by atoms with Crippen molar-refractivity contribution in [3.05, 3.63) is 47.3 Å². The summed E-state index contributed by atoms with van der Waals surface area (Å²) in [4.78, 5) is 23.5. The highest BCUT2D eigenvalue weighted by Gasteiger charge is 2.13. The minimum absolute atomic E-state index is 0.0732. The van der Waals surface area contributed by atoms with Gasteiger partial charge in [0, 0.05) is 5.69 Å². The van der Waals surface area contributed by atoms with E-state index < -0.39 is 11.8 Å². The zero-order valence-corrected chi connectivity index (χ0v) is 10.8. The molecule has 20 heavy (non-hydrogen) atoms. The fourth-order valence-corrected chi connectivity index (χ4v) is 1.57. The molecule has 1 heterocycles. The number of carbonyl (C=O) groups is 2. The second kappa shape index (κ2) is 5.87. The molecule has 2 aromatic rings. The van der Waals surface area contributed by atoms with E-state index in [1.807, 2.05) is 6.92 Å². The van der Waals surface area contributed by atoms with Gasteiger partial charge in [-0.05, 0) is 24.6 Å². The molecule has 0 aliphatic rings. The third-order valence-electron chi connectivity index (χ3n) is 2.68. The number of phenolic OH excluding ortho intramolecular Hbond substituents is 1. The molecule has 0 spiro atoms. The molecular formula is C13H14N4O3. The molecule has 7 nitrogen and oxygen atoms in total. The number of carbonyl (C=O) groups excluding carboxylic acids is 2. The number of nitrogens with zero attached hydrogens (tertiary/aromatic N) is 1. The fourth-order valence-electron chi connectivity index (χ4n) is 1.57. The topological polar surface area (TPSA) is 107 Å². The van der Waals surface area contributed by atoms with Crippen molar-refractivity contribution in [1.82, 2.24) is 21.0 Å². The minimum atomic E-state index is -0.609. The lowest BCUT2D eigenvalue weighted by Gasteiger charge is -2.06. The molecule has 0 bridgehead atoms. The van der Waals surface area contributed by atoms with Gasteiger partial charge in [0.2, 0.25) is 0 Å². The van der Waals surface area contributed by atoms with Crippen LogP contribution in [0.25, 0.3) is 0 Å². The first kappa shape index (κ1) is 13.6. The number of H-pyrrole nitrogens is 1. The van der Waals surface area contributed by atoms with Gasteiger partial charge in [0.1, 0.15) is 5.75 Å². The highest BCUT2D eigenvalue weighted by atomic mass is 16.3. The maximum atomic E-state index is 11.7. The molecule has 0 aliphatic carbocycles. The van der Waals surface area contributed by atoms with Gasteiger partial charge in [0.25, 0.3) is 11.8 Å². The summed E-state index contributed by atoms with van der Waals surface area (Å²) in [6.07, 6.45) is 0.727. The van der Waals surface area contributed by atoms with Gasteiger partial charge in [-0.15, -0.1) is 0 Å². The second-order valence-electron chi connectivity index (χ2n) is 4.06. The SMILES string of the molecule is CCc1cc(C(=O)NNC(=O)c2ccccc2O)n[nH]1. The monoisotopic (exact) mass is 274 g/mol. The Kier molecular flexibility index (Phi) is 3.99. The average Bonchev–Trinajstić information content (AvgIpc) is 2.94. The average molecular weight is 274 g/mol. The zero-order valence-electron chi connectivity index (χ0n) is 10.8. The summed E-state index contributed by atoms with van der Waals surface area (Å²) in [5, 5.41) is 16.0. The Morgan fingerprint density at radius 3 is 2.60 bits per heavy atom. The summed E-state index contributed by atoms with van der Waals surface area (Å²) in [6, 6.07) is 7.64. The minimum Gasteiger partial charge on any atom is -0.507 e. The lowest BCUT2D eigenvalue weighted by atomic mass is 10.2. The molecule has 4 N–H and O–H groups in total. The van der Waals surface area contributed by atoms with E-state index in [-0.39, 0.29) is 17.0 Å². The Hall–Kier alpha value is -2.83. The van der Waals surface area contributed by atoms with Gasteiger partial charge in [-0.1, -0.05) is 19.1 Å². The number of hydrogen-bond acceptors (Lipinski definition) is 4. The van der Waals surface area contributed by atoms with E-state index >= 15 is 0 Å². The normalized spacial score (nSPS) is 10.1. The Balaban J connectivity index is 1.97. The van der Waals surface area contributed by atoms with Gasteiger partial charge in [0.05, 0.1) is 5.56 Å². The van der Waals surface area contributed by atoms with Crippen LogP contribution in [0.15, 0.2) is 30.3 Å². The Morgan fingerprint density at radius 1 is 1.25 bits per heavy atom. The fraction of sp³-hybridized carbons (Fsp3) is 0.154. The van der Waals surface area contributed by atoms with Crippen LogP contribution in [0, 0.1) is 0 Å². The van der Waals surface area contributed by atoms with Crippen molar-refractivity contribution in [3.63, 3.8) is 0 Å². The van der Waals surface area contributed by atoms with Crippen LogP contribution in [0.4, 0.5) is 0 Å². The number of benzene rings is 1. The van der Waals surface area contributed by atoms with E-state index in [0.717, 1.165) is 12.1 Å². The summed E-state index contributed by atoms with van der Waals surface area (Å²) in [5.41, 5.74) is 5.52. The Labute approximate surface area is 115 Å². The Morgan fingerprint density at radius 2 is 1.95 bits per heavy atom. The number of nitrogens with one attached hydrogen (secondary N) is 3. The molecule has 0 atom stereocenters. The molecule has 2 amide bonds. The van der Waals surface area contributed by atoms with Gasteiger partial charge in [0.15, 0.2) is 5.69 Å². The van der Waals surface area contributed by atoms with Crippen molar-refractivity contribution in [3.8, 4) is 5.75 Å². The number of phenols is 1. The molecule has 0 unspecified atom stereocenters. The van der Waals surface area contributed by atoms with E-state index in [9.17, 15) is 14.7 Å². The van der Waals surface area contributed by atoms with Crippen LogP contribution in [0.3, 0.4) is 0 Å². The number of hydrazine groups is 1. The summed E-state index contributed by atoms with van der Waals surface area (Å²) < 4.78 is 0. The van der Waals surface area contributed by atoms with Crippen LogP contribution in [-0.2, 0) is 6.42 Å². The molecule has 0 fully saturated rings. The number of aryl methyl sites for hydroxylation is 1. The van der Waals surface area contributed by atoms with Gasteiger partial charge in [-0.3, -0.25) is 25.5 Å². The first-order valence-electron chi connectivity index (χ1n) is 6.04. The number of amides is 2. The first-order chi connectivity index (χ1) is 9.61. The predicted molar refractivity (Wildman–Crippen MR) is 71.0 cm³/mol. The van der Waals surface area contributed by atoms with Gasteiger partial charge >= 0.3 is 0 Å². The van der Waals surface area contributed by atoms with Gasteiger partial charge in [-0.2, -0.15) is 5.10 Å². The Bertz CT molecular complexity index is 636. The summed E-state index contributed by atoms with van der Waals surface area (Å²) in [5.74, 6) is -1.31. The van der Waals surface area contributed by atoms with Crippen LogP contribution >= 0.6 is 0 Å². The molecular weight excluding hydrogens is 260 g/mol. The summed E-state index contributed by atoms with van der Waals surface area (Å²) in [7, 11) is 0. The summed E-state index contributed by atoms with van der Waals surface area (Å²) in [6.45, 7) is 1.93. The lowest BCUT2D eigenvalue weighted by molar-refractivity contribution is 0.0842. The number of hydrogen-bond donors (Lipinski definition) is 4. The van der Waals surface area contributed by atoms with Crippen molar-refractivity contribution in [2.45, 2.75) is 13.3 Å². The number of aromatic nitrogens is 2. The molecule has 1 aromatic heterocycles. The second-order valence-corrected chi connectivity index (χ2v) is 4.06. The molecule has 7 heteroatoms. The number of aromatic hydroxyl groups is 1. The third kappa shape index (κ3) is 2.94.